The molecular weight excluding hydrogens is 400 g/mol. The number of thiazole rings is 1. The molecule has 1 amide bonds. The molecule has 1 aliphatic heterocycles. The van der Waals surface area contributed by atoms with Crippen molar-refractivity contribution in [3.05, 3.63) is 39.8 Å². The Kier molecular flexibility index (Phi) is 4.84. The molecule has 0 radical (unpaired) electrons. The summed E-state index contributed by atoms with van der Waals surface area (Å²) >= 11 is 4.94. The van der Waals surface area contributed by atoms with E-state index >= 15 is 0 Å². The Morgan fingerprint density at radius 3 is 2.74 bits per heavy atom. The highest BCUT2D eigenvalue weighted by atomic mass is 79.9. The molecule has 8 heteroatoms. The van der Waals surface area contributed by atoms with Crippen molar-refractivity contribution in [2.45, 2.75) is 6.42 Å². The van der Waals surface area contributed by atoms with Crippen LogP contribution in [0.15, 0.2) is 34.1 Å². The molecule has 5 nitrogen and oxygen atoms in total. The van der Waals surface area contributed by atoms with Crippen molar-refractivity contribution in [3.63, 3.8) is 0 Å². The summed E-state index contributed by atoms with van der Waals surface area (Å²) < 4.78 is 23.8. The van der Waals surface area contributed by atoms with Crippen molar-refractivity contribution >= 4 is 43.0 Å². The Hall–Kier alpha value is -1.25. The van der Waals surface area contributed by atoms with Crippen LogP contribution in [0.1, 0.15) is 5.69 Å². The van der Waals surface area contributed by atoms with Crippen molar-refractivity contribution < 1.29 is 13.2 Å². The third-order valence-electron chi connectivity index (χ3n) is 3.65. The van der Waals surface area contributed by atoms with Gasteiger partial charge in [0.15, 0.2) is 9.84 Å². The number of hydrogen-bond donors (Lipinski definition) is 0. The summed E-state index contributed by atoms with van der Waals surface area (Å²) in [5.74, 6) is 0.0454. The molecule has 0 bridgehead atoms. The maximum Gasteiger partial charge on any atom is 0.228 e. The summed E-state index contributed by atoms with van der Waals surface area (Å²) in [6.45, 7) is 0.563. The zero-order valence-corrected chi connectivity index (χ0v) is 15.5. The van der Waals surface area contributed by atoms with Crippen LogP contribution in [0.3, 0.4) is 0 Å². The molecule has 1 aromatic heterocycles. The van der Waals surface area contributed by atoms with E-state index in [1.165, 1.54) is 11.3 Å². The second-order valence-corrected chi connectivity index (χ2v) is 9.44. The number of halogens is 1. The van der Waals surface area contributed by atoms with Gasteiger partial charge in [0.05, 0.1) is 23.6 Å². The standard InChI is InChI=1S/C15H15BrN2O3S2/c16-12-3-1-2-11(8-12)15-17-13(10-22-15)9-14(19)18-4-6-23(20,21)7-5-18/h1-3,8,10H,4-7,9H2. The van der Waals surface area contributed by atoms with Crippen LogP contribution in [0.5, 0.6) is 0 Å². The Balaban J connectivity index is 1.66. The van der Waals surface area contributed by atoms with Gasteiger partial charge >= 0.3 is 0 Å². The van der Waals surface area contributed by atoms with Crippen LogP contribution in [0.4, 0.5) is 0 Å². The van der Waals surface area contributed by atoms with Crippen molar-refractivity contribution in [3.8, 4) is 10.6 Å². The molecule has 1 fully saturated rings. The highest BCUT2D eigenvalue weighted by Crippen LogP contribution is 2.26. The molecule has 0 saturated carbocycles. The number of carbonyl (C=O) groups excluding carboxylic acids is 1. The van der Waals surface area contributed by atoms with E-state index in [4.69, 9.17) is 0 Å². The lowest BCUT2D eigenvalue weighted by Crippen LogP contribution is -2.44. The van der Waals surface area contributed by atoms with E-state index in [0.29, 0.717) is 0 Å². The molecule has 23 heavy (non-hydrogen) atoms. The fourth-order valence-electron chi connectivity index (χ4n) is 2.37. The van der Waals surface area contributed by atoms with Gasteiger partial charge in [0.1, 0.15) is 5.01 Å². The quantitative estimate of drug-likeness (QED) is 0.772. The zero-order valence-electron chi connectivity index (χ0n) is 12.2. The number of hydrogen-bond acceptors (Lipinski definition) is 5. The Morgan fingerprint density at radius 2 is 2.04 bits per heavy atom. The summed E-state index contributed by atoms with van der Waals surface area (Å²) in [6, 6.07) is 7.86. The van der Waals surface area contributed by atoms with E-state index in [1.54, 1.807) is 4.90 Å². The van der Waals surface area contributed by atoms with Gasteiger partial charge in [0, 0.05) is 28.5 Å². The van der Waals surface area contributed by atoms with Gasteiger partial charge in [-0.05, 0) is 12.1 Å². The lowest BCUT2D eigenvalue weighted by atomic mass is 10.2. The first-order chi connectivity index (χ1) is 10.9. The molecule has 0 aliphatic carbocycles. The smallest absolute Gasteiger partial charge is 0.228 e. The first-order valence-electron chi connectivity index (χ1n) is 7.11. The summed E-state index contributed by atoms with van der Waals surface area (Å²) in [4.78, 5) is 18.4. The van der Waals surface area contributed by atoms with Gasteiger partial charge in [0.25, 0.3) is 0 Å². The molecule has 1 aliphatic rings. The van der Waals surface area contributed by atoms with Gasteiger partial charge < -0.3 is 4.90 Å². The Labute approximate surface area is 147 Å². The van der Waals surface area contributed by atoms with Crippen LogP contribution in [0.25, 0.3) is 10.6 Å². The molecule has 1 saturated heterocycles. The molecule has 1 aromatic carbocycles. The first kappa shape index (κ1) is 16.6. The normalized spacial score (nSPS) is 17.2. The van der Waals surface area contributed by atoms with Crippen LogP contribution in [-0.4, -0.2) is 48.8 Å². The molecule has 3 rings (SSSR count). The maximum atomic E-state index is 12.3. The van der Waals surface area contributed by atoms with Crippen molar-refractivity contribution in [2.75, 3.05) is 24.6 Å². The average molecular weight is 415 g/mol. The van der Waals surface area contributed by atoms with E-state index < -0.39 is 9.84 Å². The molecular formula is C15H15BrN2O3S2. The van der Waals surface area contributed by atoms with Crippen LogP contribution in [-0.2, 0) is 21.1 Å². The fourth-order valence-corrected chi connectivity index (χ4v) is 4.79. The molecule has 122 valence electrons. The third-order valence-corrected chi connectivity index (χ3v) is 6.70. The van der Waals surface area contributed by atoms with E-state index in [-0.39, 0.29) is 36.9 Å². The minimum atomic E-state index is -2.97. The second kappa shape index (κ2) is 6.70. The highest BCUT2D eigenvalue weighted by molar-refractivity contribution is 9.10. The van der Waals surface area contributed by atoms with Gasteiger partial charge in [-0.3, -0.25) is 4.79 Å². The van der Waals surface area contributed by atoms with E-state index in [0.717, 1.165) is 20.7 Å². The molecule has 0 unspecified atom stereocenters. The van der Waals surface area contributed by atoms with Crippen LogP contribution < -0.4 is 0 Å². The third kappa shape index (κ3) is 4.19. The number of carbonyl (C=O) groups is 1. The Morgan fingerprint density at radius 1 is 1.30 bits per heavy atom. The molecule has 0 spiro atoms. The van der Waals surface area contributed by atoms with E-state index in [1.807, 2.05) is 29.6 Å². The van der Waals surface area contributed by atoms with Gasteiger partial charge in [-0.25, -0.2) is 13.4 Å². The number of sulfone groups is 1. The van der Waals surface area contributed by atoms with Gasteiger partial charge in [-0.15, -0.1) is 11.3 Å². The Bertz CT molecular complexity index is 819. The highest BCUT2D eigenvalue weighted by Gasteiger charge is 2.25. The molecule has 0 atom stereocenters. The van der Waals surface area contributed by atoms with Crippen molar-refractivity contribution in [1.82, 2.24) is 9.88 Å². The lowest BCUT2D eigenvalue weighted by molar-refractivity contribution is -0.130. The maximum absolute atomic E-state index is 12.3. The lowest BCUT2D eigenvalue weighted by Gasteiger charge is -2.26. The van der Waals surface area contributed by atoms with Gasteiger partial charge in [-0.1, -0.05) is 28.1 Å². The summed E-state index contributed by atoms with van der Waals surface area (Å²) in [5.41, 5.74) is 1.73. The first-order valence-corrected chi connectivity index (χ1v) is 10.6. The minimum Gasteiger partial charge on any atom is -0.340 e. The van der Waals surface area contributed by atoms with Crippen molar-refractivity contribution in [2.24, 2.45) is 0 Å². The average Bonchev–Trinajstić information content (AvgIpc) is 2.95. The largest absolute Gasteiger partial charge is 0.340 e. The minimum absolute atomic E-state index is 0.0547. The monoisotopic (exact) mass is 414 g/mol. The van der Waals surface area contributed by atoms with Crippen LogP contribution >= 0.6 is 27.3 Å². The number of aromatic nitrogens is 1. The van der Waals surface area contributed by atoms with Crippen LogP contribution in [0, 0.1) is 0 Å². The topological polar surface area (TPSA) is 67.3 Å². The number of rotatable bonds is 3. The van der Waals surface area contributed by atoms with E-state index in [9.17, 15) is 13.2 Å². The van der Waals surface area contributed by atoms with Gasteiger partial charge in [0.2, 0.25) is 5.91 Å². The van der Waals surface area contributed by atoms with E-state index in [2.05, 4.69) is 20.9 Å². The summed E-state index contributed by atoms with van der Waals surface area (Å²) in [5, 5.41) is 2.75. The number of benzene rings is 1. The molecule has 0 N–H and O–H groups in total. The fraction of sp³-hybridized carbons (Fsp3) is 0.333. The zero-order chi connectivity index (χ0) is 16.4. The summed E-state index contributed by atoms with van der Waals surface area (Å²) in [7, 11) is -2.97. The number of nitrogens with zero attached hydrogens (tertiary/aromatic N) is 2. The second-order valence-electron chi connectivity index (χ2n) is 5.36. The summed E-state index contributed by atoms with van der Waals surface area (Å²) in [6.07, 6.45) is 0.213. The van der Waals surface area contributed by atoms with Crippen LogP contribution in [0.2, 0.25) is 0 Å². The predicted molar refractivity (Wildman–Crippen MR) is 94.2 cm³/mol. The van der Waals surface area contributed by atoms with Crippen molar-refractivity contribution in [1.29, 1.82) is 0 Å². The number of amides is 1. The SMILES string of the molecule is O=C(Cc1csc(-c2cccc(Br)c2)n1)N1CCS(=O)(=O)CC1. The molecule has 2 heterocycles. The predicted octanol–water partition coefficient (Wildman–Crippen LogP) is 2.37. The molecule has 2 aromatic rings. The van der Waals surface area contributed by atoms with Gasteiger partial charge in [-0.2, -0.15) is 0 Å².